The number of aliphatic hydroxyl groups excluding tert-OH is 1. The number of carboxylic acids is 1. The summed E-state index contributed by atoms with van der Waals surface area (Å²) < 4.78 is 0. The Bertz CT molecular complexity index is 470. The number of nitrogens with one attached hydrogen (secondary N) is 1. The lowest BCUT2D eigenvalue weighted by Crippen LogP contribution is -2.60. The summed E-state index contributed by atoms with van der Waals surface area (Å²) in [6, 6.07) is 0.0316. The molecule has 7 heteroatoms. The van der Waals surface area contributed by atoms with Gasteiger partial charge in [0.15, 0.2) is 0 Å². The van der Waals surface area contributed by atoms with E-state index in [-0.39, 0.29) is 23.0 Å². The third kappa shape index (κ3) is 1.79. The Balaban J connectivity index is 1.91. The molecule has 0 aliphatic carbocycles. The van der Waals surface area contributed by atoms with Crippen LogP contribution in [0.5, 0.6) is 0 Å². The van der Waals surface area contributed by atoms with Crippen molar-refractivity contribution in [3.63, 3.8) is 0 Å². The topological polar surface area (TPSA) is 89.9 Å². The van der Waals surface area contributed by atoms with Gasteiger partial charge in [-0.1, -0.05) is 11.8 Å². The third-order valence-electron chi connectivity index (χ3n) is 3.91. The SMILES string of the molecule is CC(O)[C@H]1C(=O)N2C(C(=O)O)=C([C@H]3CCCN3)S[C@H]12. The minimum Gasteiger partial charge on any atom is -0.477 e. The number of carbonyl (C=O) groups excluding carboxylic acids is 1. The van der Waals surface area contributed by atoms with E-state index in [1.54, 1.807) is 6.92 Å². The van der Waals surface area contributed by atoms with E-state index in [0.29, 0.717) is 0 Å². The molecule has 2 fully saturated rings. The molecule has 0 aromatic heterocycles. The van der Waals surface area contributed by atoms with E-state index in [1.165, 1.54) is 16.7 Å². The molecule has 0 bridgehead atoms. The van der Waals surface area contributed by atoms with Gasteiger partial charge in [0, 0.05) is 10.9 Å². The largest absolute Gasteiger partial charge is 0.477 e. The van der Waals surface area contributed by atoms with E-state index in [4.69, 9.17) is 0 Å². The molecule has 0 spiro atoms. The fraction of sp³-hybridized carbons (Fsp3) is 0.667. The van der Waals surface area contributed by atoms with Gasteiger partial charge in [-0.05, 0) is 26.3 Å². The number of amides is 1. The molecule has 0 aromatic rings. The average Bonchev–Trinajstić information content (AvgIpc) is 2.92. The van der Waals surface area contributed by atoms with Crippen LogP contribution in [0.3, 0.4) is 0 Å². The Hall–Kier alpha value is -1.05. The molecule has 3 N–H and O–H groups in total. The first-order chi connectivity index (χ1) is 9.02. The monoisotopic (exact) mass is 284 g/mol. The van der Waals surface area contributed by atoms with Crippen LogP contribution in [0.4, 0.5) is 0 Å². The highest BCUT2D eigenvalue weighted by Gasteiger charge is 2.58. The van der Waals surface area contributed by atoms with Crippen LogP contribution in [0.25, 0.3) is 0 Å². The lowest BCUT2D eigenvalue weighted by atomic mass is 9.92. The molecule has 6 nitrogen and oxygen atoms in total. The number of thioether (sulfide) groups is 1. The fourth-order valence-corrected chi connectivity index (χ4v) is 4.69. The molecule has 3 aliphatic heterocycles. The fourth-order valence-electron chi connectivity index (χ4n) is 2.96. The van der Waals surface area contributed by atoms with Crippen molar-refractivity contribution >= 4 is 23.6 Å². The minimum absolute atomic E-state index is 0.0316. The molecule has 0 saturated carbocycles. The lowest BCUT2D eigenvalue weighted by molar-refractivity contribution is -0.156. The maximum atomic E-state index is 12.0. The second-order valence-corrected chi connectivity index (χ2v) is 6.31. The van der Waals surface area contributed by atoms with Gasteiger partial charge in [0.25, 0.3) is 0 Å². The zero-order chi connectivity index (χ0) is 13.7. The number of carbonyl (C=O) groups is 2. The molecule has 3 rings (SSSR count). The molecule has 0 radical (unpaired) electrons. The Morgan fingerprint density at radius 3 is 2.84 bits per heavy atom. The first-order valence-corrected chi connectivity index (χ1v) is 7.29. The molecule has 0 aromatic carbocycles. The molecule has 3 heterocycles. The molecule has 3 aliphatic rings. The van der Waals surface area contributed by atoms with E-state index in [2.05, 4.69) is 5.32 Å². The zero-order valence-corrected chi connectivity index (χ0v) is 11.3. The van der Waals surface area contributed by atoms with Crippen molar-refractivity contribution in [1.29, 1.82) is 0 Å². The van der Waals surface area contributed by atoms with Crippen LogP contribution < -0.4 is 5.32 Å². The Labute approximate surface area is 114 Å². The number of hydrogen-bond donors (Lipinski definition) is 3. The zero-order valence-electron chi connectivity index (χ0n) is 10.5. The van der Waals surface area contributed by atoms with Crippen molar-refractivity contribution in [3.8, 4) is 0 Å². The summed E-state index contributed by atoms with van der Waals surface area (Å²) in [5.74, 6) is -1.83. The Morgan fingerprint density at radius 2 is 2.32 bits per heavy atom. The summed E-state index contributed by atoms with van der Waals surface area (Å²) in [4.78, 5) is 25.5. The van der Waals surface area contributed by atoms with Crippen molar-refractivity contribution in [2.24, 2.45) is 5.92 Å². The third-order valence-corrected chi connectivity index (χ3v) is 5.38. The van der Waals surface area contributed by atoms with Crippen LogP contribution in [-0.2, 0) is 9.59 Å². The van der Waals surface area contributed by atoms with Gasteiger partial charge in [0.1, 0.15) is 11.1 Å². The lowest BCUT2D eigenvalue weighted by Gasteiger charge is -2.43. The smallest absolute Gasteiger partial charge is 0.353 e. The number of nitrogens with zero attached hydrogens (tertiary/aromatic N) is 1. The van der Waals surface area contributed by atoms with Gasteiger partial charge in [-0.25, -0.2) is 4.79 Å². The van der Waals surface area contributed by atoms with Crippen LogP contribution in [0.2, 0.25) is 0 Å². The van der Waals surface area contributed by atoms with E-state index in [9.17, 15) is 19.8 Å². The predicted molar refractivity (Wildman–Crippen MR) is 69.1 cm³/mol. The second kappa shape index (κ2) is 4.50. The number of hydrogen-bond acceptors (Lipinski definition) is 5. The van der Waals surface area contributed by atoms with Crippen LogP contribution in [-0.4, -0.2) is 51.1 Å². The number of rotatable bonds is 3. The second-order valence-electron chi connectivity index (χ2n) is 5.15. The van der Waals surface area contributed by atoms with Gasteiger partial charge in [-0.15, -0.1) is 0 Å². The summed E-state index contributed by atoms with van der Waals surface area (Å²) in [5.41, 5.74) is 0.108. The summed E-state index contributed by atoms with van der Waals surface area (Å²) in [5, 5.41) is 22.0. The van der Waals surface area contributed by atoms with Gasteiger partial charge in [0.2, 0.25) is 5.91 Å². The summed E-state index contributed by atoms with van der Waals surface area (Å²) in [7, 11) is 0. The normalized spacial score (nSPS) is 35.4. The van der Waals surface area contributed by atoms with Gasteiger partial charge in [-0.2, -0.15) is 0 Å². The highest BCUT2D eigenvalue weighted by Crippen LogP contribution is 2.51. The molecular formula is C12H16N2O4S. The van der Waals surface area contributed by atoms with Gasteiger partial charge >= 0.3 is 5.97 Å². The Morgan fingerprint density at radius 1 is 1.58 bits per heavy atom. The maximum absolute atomic E-state index is 12.0. The molecule has 4 atom stereocenters. The van der Waals surface area contributed by atoms with Crippen LogP contribution in [0.1, 0.15) is 19.8 Å². The number of aliphatic hydroxyl groups is 1. The van der Waals surface area contributed by atoms with Crippen LogP contribution >= 0.6 is 11.8 Å². The van der Waals surface area contributed by atoms with Crippen molar-refractivity contribution in [1.82, 2.24) is 10.2 Å². The summed E-state index contributed by atoms with van der Waals surface area (Å²) in [6.45, 7) is 2.45. The summed E-state index contributed by atoms with van der Waals surface area (Å²) >= 11 is 1.42. The molecular weight excluding hydrogens is 268 g/mol. The standard InChI is InChI=1S/C12H16N2O4S/c1-5(15)7-10(16)14-8(12(17)18)9(19-11(7)14)6-3-2-4-13-6/h5-7,11,13,15H,2-4H2,1H3,(H,17,18)/t5?,6-,7+,11-/m1/s1. The van der Waals surface area contributed by atoms with Gasteiger partial charge < -0.3 is 15.5 Å². The van der Waals surface area contributed by atoms with Crippen molar-refractivity contribution in [2.75, 3.05) is 6.54 Å². The first-order valence-electron chi connectivity index (χ1n) is 6.41. The molecule has 2 saturated heterocycles. The van der Waals surface area contributed by atoms with Crippen LogP contribution in [0.15, 0.2) is 10.6 Å². The average molecular weight is 284 g/mol. The van der Waals surface area contributed by atoms with Crippen molar-refractivity contribution < 1.29 is 19.8 Å². The number of carboxylic acid groups (broad SMARTS) is 1. The highest BCUT2D eigenvalue weighted by atomic mass is 32.2. The van der Waals surface area contributed by atoms with Crippen LogP contribution in [0, 0.1) is 5.92 Å². The number of fused-ring (bicyclic) bond motifs is 1. The molecule has 1 amide bonds. The molecule has 1 unspecified atom stereocenters. The van der Waals surface area contributed by atoms with Gasteiger partial charge in [0.05, 0.1) is 12.0 Å². The highest BCUT2D eigenvalue weighted by molar-refractivity contribution is 8.04. The summed E-state index contributed by atoms with van der Waals surface area (Å²) in [6.07, 6.45) is 1.17. The Kier molecular flexibility index (Phi) is 3.07. The van der Waals surface area contributed by atoms with E-state index >= 15 is 0 Å². The first kappa shape index (κ1) is 13.0. The van der Waals surface area contributed by atoms with E-state index < -0.39 is 18.0 Å². The quantitative estimate of drug-likeness (QED) is 0.629. The predicted octanol–water partition coefficient (Wildman–Crippen LogP) is -0.0533. The van der Waals surface area contributed by atoms with Gasteiger partial charge in [-0.3, -0.25) is 9.69 Å². The minimum atomic E-state index is -1.06. The molecule has 104 valence electrons. The number of β-lactam (4-membered cyclic amide) rings is 1. The molecule has 19 heavy (non-hydrogen) atoms. The van der Waals surface area contributed by atoms with Crippen molar-refractivity contribution in [3.05, 3.63) is 10.6 Å². The number of aliphatic carboxylic acids is 1. The van der Waals surface area contributed by atoms with E-state index in [1.807, 2.05) is 0 Å². The maximum Gasteiger partial charge on any atom is 0.353 e. The van der Waals surface area contributed by atoms with Crippen molar-refractivity contribution in [2.45, 2.75) is 37.3 Å². The van der Waals surface area contributed by atoms with E-state index in [0.717, 1.165) is 24.3 Å².